The Morgan fingerprint density at radius 2 is 1.24 bits per heavy atom. The fraction of sp³-hybridized carbons (Fsp3) is 0.290. The van der Waals surface area contributed by atoms with E-state index in [1.54, 1.807) is 0 Å². The summed E-state index contributed by atoms with van der Waals surface area (Å²) in [6.45, 7) is 14.8. The molecule has 1 aliphatic heterocycles. The lowest BCUT2D eigenvalue weighted by atomic mass is 9.77. The number of hydrogen-bond donors (Lipinski definition) is 0. The van der Waals surface area contributed by atoms with Gasteiger partial charge < -0.3 is 9.31 Å². The van der Waals surface area contributed by atoms with Crippen LogP contribution in [0.25, 0.3) is 21.9 Å². The number of aryl methyl sites for hydroxylation is 3. The Hall–Kier alpha value is -2.88. The zero-order chi connectivity index (χ0) is 24.5. The normalized spacial score (nSPS) is 16.3. The third-order valence-corrected chi connectivity index (χ3v) is 7.12. The lowest BCUT2D eigenvalue weighted by Gasteiger charge is -2.32. The van der Waals surface area contributed by atoms with E-state index in [2.05, 4.69) is 115 Å². The summed E-state index contributed by atoms with van der Waals surface area (Å²) in [7, 11) is -0.323. The third kappa shape index (κ3) is 4.82. The first-order valence-corrected chi connectivity index (χ1v) is 12.1. The smallest absolute Gasteiger partial charge is 0.399 e. The van der Waals surface area contributed by atoms with Crippen LogP contribution in [0.15, 0.2) is 84.9 Å². The second-order valence-electron chi connectivity index (χ2n) is 10.3. The maximum Gasteiger partial charge on any atom is 0.494 e. The van der Waals surface area contributed by atoms with Gasteiger partial charge in [0.05, 0.1) is 11.2 Å². The van der Waals surface area contributed by atoms with Gasteiger partial charge in [0.15, 0.2) is 0 Å². The predicted octanol–water partition coefficient (Wildman–Crippen LogP) is 7.42. The molecule has 1 aliphatic rings. The van der Waals surface area contributed by atoms with Gasteiger partial charge in [0.25, 0.3) is 0 Å². The van der Waals surface area contributed by atoms with E-state index in [0.29, 0.717) is 0 Å². The first-order valence-electron chi connectivity index (χ1n) is 12.1. The molecule has 2 nitrogen and oxygen atoms in total. The maximum absolute atomic E-state index is 6.22. The quantitative estimate of drug-likeness (QED) is 0.296. The molecule has 0 spiro atoms. The van der Waals surface area contributed by atoms with Crippen LogP contribution in [-0.4, -0.2) is 18.3 Å². The van der Waals surface area contributed by atoms with Crippen molar-refractivity contribution in [3.05, 3.63) is 102 Å². The van der Waals surface area contributed by atoms with Gasteiger partial charge in [0, 0.05) is 0 Å². The molecule has 0 bridgehead atoms. The number of rotatable bonds is 2. The zero-order valence-corrected chi connectivity index (χ0v) is 21.5. The molecule has 0 aromatic heterocycles. The van der Waals surface area contributed by atoms with Crippen molar-refractivity contribution in [2.24, 2.45) is 0 Å². The van der Waals surface area contributed by atoms with Crippen LogP contribution in [0.2, 0.25) is 0 Å². The Labute approximate surface area is 205 Å². The van der Waals surface area contributed by atoms with Crippen LogP contribution in [0.4, 0.5) is 0 Å². The lowest BCUT2D eigenvalue weighted by molar-refractivity contribution is 0.00578. The topological polar surface area (TPSA) is 18.5 Å². The highest BCUT2D eigenvalue weighted by molar-refractivity contribution is 6.62. The molecule has 0 N–H and O–H groups in total. The number of benzene rings is 4. The standard InChI is InChI=1S/C24H27BO2.C7H8/c1-16-11-12-18-9-7-8-10-21(18)22(16)20-14-13-19(15-17(20)2)25-26-23(3,4)24(5,6)27-25;1-7-5-3-2-4-6-7/h7-15H,1-6H3;2-6H,1H3. The van der Waals surface area contributed by atoms with Gasteiger partial charge in [-0.15, -0.1) is 0 Å². The summed E-state index contributed by atoms with van der Waals surface area (Å²) >= 11 is 0. The van der Waals surface area contributed by atoms with E-state index < -0.39 is 0 Å². The molecular formula is C31H35BO2. The fourth-order valence-electron chi connectivity index (χ4n) is 4.37. The van der Waals surface area contributed by atoms with Crippen LogP contribution in [0.3, 0.4) is 0 Å². The van der Waals surface area contributed by atoms with Crippen molar-refractivity contribution in [2.75, 3.05) is 0 Å². The molecule has 0 radical (unpaired) electrons. The van der Waals surface area contributed by atoms with Crippen molar-refractivity contribution in [3.63, 3.8) is 0 Å². The fourth-order valence-corrected chi connectivity index (χ4v) is 4.37. The molecule has 1 fully saturated rings. The van der Waals surface area contributed by atoms with Crippen LogP contribution in [0.1, 0.15) is 44.4 Å². The monoisotopic (exact) mass is 450 g/mol. The molecule has 34 heavy (non-hydrogen) atoms. The zero-order valence-electron chi connectivity index (χ0n) is 21.5. The van der Waals surface area contributed by atoms with Gasteiger partial charge >= 0.3 is 7.12 Å². The van der Waals surface area contributed by atoms with Gasteiger partial charge in [-0.3, -0.25) is 0 Å². The van der Waals surface area contributed by atoms with Crippen LogP contribution < -0.4 is 5.46 Å². The molecule has 1 saturated heterocycles. The highest BCUT2D eigenvalue weighted by atomic mass is 16.7. The summed E-state index contributed by atoms with van der Waals surface area (Å²) in [5, 5.41) is 2.57. The van der Waals surface area contributed by atoms with E-state index in [4.69, 9.17) is 9.31 Å². The van der Waals surface area contributed by atoms with E-state index in [-0.39, 0.29) is 18.3 Å². The summed E-state index contributed by atoms with van der Waals surface area (Å²) in [5.74, 6) is 0. The first-order chi connectivity index (χ1) is 16.1. The van der Waals surface area contributed by atoms with Crippen molar-refractivity contribution in [1.82, 2.24) is 0 Å². The molecular weight excluding hydrogens is 415 g/mol. The van der Waals surface area contributed by atoms with Gasteiger partial charge in [0.2, 0.25) is 0 Å². The SMILES string of the molecule is Cc1cc(B2OC(C)(C)C(C)(C)O2)ccc1-c1c(C)ccc2ccccc12.Cc1ccccc1. The van der Waals surface area contributed by atoms with Gasteiger partial charge in [-0.2, -0.15) is 0 Å². The molecule has 4 aromatic rings. The van der Waals surface area contributed by atoms with Crippen LogP contribution >= 0.6 is 0 Å². The molecule has 5 rings (SSSR count). The summed E-state index contributed by atoms with van der Waals surface area (Å²) < 4.78 is 12.4. The van der Waals surface area contributed by atoms with E-state index in [1.165, 1.54) is 38.6 Å². The van der Waals surface area contributed by atoms with Crippen molar-refractivity contribution in [3.8, 4) is 11.1 Å². The maximum atomic E-state index is 6.22. The second-order valence-corrected chi connectivity index (χ2v) is 10.3. The Morgan fingerprint density at radius 3 is 1.82 bits per heavy atom. The average Bonchev–Trinajstić information content (AvgIpc) is 3.02. The lowest BCUT2D eigenvalue weighted by Crippen LogP contribution is -2.41. The first kappa shape index (κ1) is 24.3. The summed E-state index contributed by atoms with van der Waals surface area (Å²) in [6, 6.07) is 29.8. The minimum Gasteiger partial charge on any atom is -0.399 e. The van der Waals surface area contributed by atoms with E-state index >= 15 is 0 Å². The van der Waals surface area contributed by atoms with Crippen molar-refractivity contribution in [2.45, 2.75) is 59.7 Å². The minimum atomic E-state index is -0.323. The highest BCUT2D eigenvalue weighted by Crippen LogP contribution is 2.37. The molecule has 0 atom stereocenters. The molecule has 0 aliphatic carbocycles. The van der Waals surface area contributed by atoms with E-state index in [1.807, 2.05) is 18.2 Å². The molecule has 0 saturated carbocycles. The van der Waals surface area contributed by atoms with Crippen molar-refractivity contribution in [1.29, 1.82) is 0 Å². The molecule has 1 heterocycles. The van der Waals surface area contributed by atoms with Crippen molar-refractivity contribution >= 4 is 23.4 Å². The second kappa shape index (κ2) is 9.41. The Kier molecular flexibility index (Phi) is 6.71. The molecule has 174 valence electrons. The van der Waals surface area contributed by atoms with Gasteiger partial charge in [-0.1, -0.05) is 90.5 Å². The third-order valence-electron chi connectivity index (χ3n) is 7.12. The van der Waals surface area contributed by atoms with E-state index in [0.717, 1.165) is 5.46 Å². The van der Waals surface area contributed by atoms with Gasteiger partial charge in [-0.25, -0.2) is 0 Å². The molecule has 4 aromatic carbocycles. The highest BCUT2D eigenvalue weighted by Gasteiger charge is 2.51. The summed E-state index contributed by atoms with van der Waals surface area (Å²) in [5.41, 5.74) is 6.86. The van der Waals surface area contributed by atoms with E-state index in [9.17, 15) is 0 Å². The van der Waals surface area contributed by atoms with Crippen LogP contribution in [-0.2, 0) is 9.31 Å². The minimum absolute atomic E-state index is 0.323. The molecule has 3 heteroatoms. The average molecular weight is 450 g/mol. The van der Waals surface area contributed by atoms with Gasteiger partial charge in [0.1, 0.15) is 0 Å². The summed E-state index contributed by atoms with van der Waals surface area (Å²) in [4.78, 5) is 0. The van der Waals surface area contributed by atoms with Crippen LogP contribution in [0.5, 0.6) is 0 Å². The largest absolute Gasteiger partial charge is 0.494 e. The predicted molar refractivity (Wildman–Crippen MR) is 146 cm³/mol. The number of fused-ring (bicyclic) bond motifs is 1. The van der Waals surface area contributed by atoms with Gasteiger partial charge in [-0.05, 0) is 87.0 Å². The van der Waals surface area contributed by atoms with Crippen molar-refractivity contribution < 1.29 is 9.31 Å². The number of hydrogen-bond acceptors (Lipinski definition) is 2. The summed E-state index contributed by atoms with van der Waals surface area (Å²) in [6.07, 6.45) is 0. The van der Waals surface area contributed by atoms with Crippen LogP contribution in [0, 0.1) is 20.8 Å². The Morgan fingerprint density at radius 1 is 0.618 bits per heavy atom. The molecule has 0 amide bonds. The Bertz CT molecular complexity index is 1280. The Balaban J connectivity index is 0.000000336. The molecule has 0 unspecified atom stereocenters.